The number of rotatable bonds is 7. The smallest absolute Gasteiger partial charge is 0.234 e. The molecule has 1 aromatic heterocycles. The number of methoxy groups -OCH3 is 1. The highest BCUT2D eigenvalue weighted by Gasteiger charge is 2.07. The van der Waals surface area contributed by atoms with Gasteiger partial charge in [-0.3, -0.25) is 9.69 Å². The van der Waals surface area contributed by atoms with Gasteiger partial charge in [-0.25, -0.2) is 9.97 Å². The highest BCUT2D eigenvalue weighted by atomic mass is 16.5. The van der Waals surface area contributed by atoms with E-state index in [2.05, 4.69) is 15.3 Å². The summed E-state index contributed by atoms with van der Waals surface area (Å²) in [6.45, 7) is 1.87. The van der Waals surface area contributed by atoms with Gasteiger partial charge in [0.2, 0.25) is 11.9 Å². The number of hydrogen-bond donors (Lipinski definition) is 2. The molecular weight excluding hydrogens is 234 g/mol. The van der Waals surface area contributed by atoms with Crippen LogP contribution in [-0.2, 0) is 16.1 Å². The number of aromatic nitrogens is 2. The molecule has 7 nitrogen and oxygen atoms in total. The second-order valence-corrected chi connectivity index (χ2v) is 3.92. The number of likely N-dealkylation sites (N-methyl/N-ethyl adjacent to an activating group) is 1. The lowest BCUT2D eigenvalue weighted by molar-refractivity contribution is -0.122. The topological polar surface area (TPSA) is 93.4 Å². The number of carbonyl (C=O) groups is 1. The van der Waals surface area contributed by atoms with Gasteiger partial charge < -0.3 is 15.8 Å². The number of nitrogens with one attached hydrogen (secondary N) is 1. The first-order chi connectivity index (χ1) is 8.61. The van der Waals surface area contributed by atoms with Gasteiger partial charge in [-0.1, -0.05) is 0 Å². The van der Waals surface area contributed by atoms with Crippen LogP contribution in [0.5, 0.6) is 0 Å². The zero-order valence-electron chi connectivity index (χ0n) is 10.7. The number of carbonyl (C=O) groups excluding carboxylic acids is 1. The number of amides is 1. The van der Waals surface area contributed by atoms with Crippen LogP contribution in [0.15, 0.2) is 12.3 Å². The fourth-order valence-electron chi connectivity index (χ4n) is 1.43. The summed E-state index contributed by atoms with van der Waals surface area (Å²) in [5, 5.41) is 2.75. The average molecular weight is 253 g/mol. The number of nitrogen functional groups attached to an aromatic ring is 1. The molecule has 0 saturated heterocycles. The summed E-state index contributed by atoms with van der Waals surface area (Å²) in [7, 11) is 3.44. The predicted octanol–water partition coefficient (Wildman–Crippen LogP) is -0.747. The van der Waals surface area contributed by atoms with E-state index in [-0.39, 0.29) is 11.9 Å². The van der Waals surface area contributed by atoms with Crippen molar-refractivity contribution >= 4 is 11.9 Å². The van der Waals surface area contributed by atoms with Crippen molar-refractivity contribution in [1.82, 2.24) is 20.2 Å². The van der Waals surface area contributed by atoms with E-state index >= 15 is 0 Å². The van der Waals surface area contributed by atoms with Gasteiger partial charge >= 0.3 is 0 Å². The standard InChI is InChI=1S/C11H19N5O2/c1-16(8-10(17)13-5-6-18-2)7-9-3-4-14-11(12)15-9/h3-4H,5-8H2,1-2H3,(H,13,17)(H2,12,14,15). The lowest BCUT2D eigenvalue weighted by Crippen LogP contribution is -2.36. The predicted molar refractivity (Wildman–Crippen MR) is 67.7 cm³/mol. The number of ether oxygens (including phenoxy) is 1. The van der Waals surface area contributed by atoms with Crippen LogP contribution in [0.4, 0.5) is 5.95 Å². The Morgan fingerprint density at radius 3 is 3.06 bits per heavy atom. The third kappa shape index (κ3) is 5.55. The van der Waals surface area contributed by atoms with Gasteiger partial charge in [0.25, 0.3) is 0 Å². The molecule has 0 aliphatic carbocycles. The van der Waals surface area contributed by atoms with Crippen molar-refractivity contribution < 1.29 is 9.53 Å². The Labute approximate surface area is 106 Å². The van der Waals surface area contributed by atoms with E-state index in [0.29, 0.717) is 26.2 Å². The molecule has 0 aliphatic rings. The van der Waals surface area contributed by atoms with E-state index in [4.69, 9.17) is 10.5 Å². The number of hydrogen-bond acceptors (Lipinski definition) is 6. The van der Waals surface area contributed by atoms with Crippen molar-refractivity contribution in [3.63, 3.8) is 0 Å². The fourth-order valence-corrected chi connectivity index (χ4v) is 1.43. The van der Waals surface area contributed by atoms with E-state index in [1.165, 1.54) is 0 Å². The van der Waals surface area contributed by atoms with Crippen molar-refractivity contribution in [3.8, 4) is 0 Å². The fraction of sp³-hybridized carbons (Fsp3) is 0.545. The Hall–Kier alpha value is -1.73. The number of nitrogens with zero attached hydrogens (tertiary/aromatic N) is 3. The minimum Gasteiger partial charge on any atom is -0.383 e. The average Bonchev–Trinajstić information content (AvgIpc) is 2.29. The summed E-state index contributed by atoms with van der Waals surface area (Å²) in [5.41, 5.74) is 6.27. The highest BCUT2D eigenvalue weighted by molar-refractivity contribution is 5.77. The van der Waals surface area contributed by atoms with Crippen LogP contribution in [0.3, 0.4) is 0 Å². The van der Waals surface area contributed by atoms with Crippen LogP contribution in [-0.4, -0.2) is 54.6 Å². The third-order valence-corrected chi connectivity index (χ3v) is 2.21. The Bertz CT molecular complexity index is 385. The summed E-state index contributed by atoms with van der Waals surface area (Å²) in [4.78, 5) is 21.3. The second-order valence-electron chi connectivity index (χ2n) is 3.92. The van der Waals surface area contributed by atoms with Crippen molar-refractivity contribution in [3.05, 3.63) is 18.0 Å². The first kappa shape index (κ1) is 14.3. The number of nitrogens with two attached hydrogens (primary N) is 1. The molecule has 0 aliphatic heterocycles. The van der Waals surface area contributed by atoms with Crippen LogP contribution >= 0.6 is 0 Å². The lowest BCUT2D eigenvalue weighted by atomic mass is 10.3. The molecule has 1 heterocycles. The zero-order chi connectivity index (χ0) is 13.4. The van der Waals surface area contributed by atoms with Gasteiger partial charge in [0, 0.05) is 26.4 Å². The molecule has 1 amide bonds. The molecule has 0 unspecified atom stereocenters. The van der Waals surface area contributed by atoms with Crippen molar-refractivity contribution in [1.29, 1.82) is 0 Å². The molecule has 18 heavy (non-hydrogen) atoms. The van der Waals surface area contributed by atoms with Gasteiger partial charge in [0.05, 0.1) is 18.8 Å². The Morgan fingerprint density at radius 1 is 1.61 bits per heavy atom. The molecular formula is C11H19N5O2. The van der Waals surface area contributed by atoms with Gasteiger partial charge in [-0.2, -0.15) is 0 Å². The maximum atomic E-state index is 11.5. The molecule has 100 valence electrons. The van der Waals surface area contributed by atoms with E-state index < -0.39 is 0 Å². The molecule has 0 aromatic carbocycles. The summed E-state index contributed by atoms with van der Waals surface area (Å²) in [6.07, 6.45) is 1.60. The maximum absolute atomic E-state index is 11.5. The SMILES string of the molecule is COCCNC(=O)CN(C)Cc1ccnc(N)n1. The second kappa shape index (κ2) is 7.57. The molecule has 0 bridgehead atoms. The van der Waals surface area contributed by atoms with Crippen molar-refractivity contribution in [2.45, 2.75) is 6.54 Å². The molecule has 0 saturated carbocycles. The molecule has 0 atom stereocenters. The van der Waals surface area contributed by atoms with Crippen LogP contribution in [0.1, 0.15) is 5.69 Å². The van der Waals surface area contributed by atoms with Crippen LogP contribution in [0, 0.1) is 0 Å². The third-order valence-electron chi connectivity index (χ3n) is 2.21. The zero-order valence-corrected chi connectivity index (χ0v) is 10.7. The van der Waals surface area contributed by atoms with E-state index in [1.54, 1.807) is 19.4 Å². The van der Waals surface area contributed by atoms with E-state index in [0.717, 1.165) is 5.69 Å². The monoisotopic (exact) mass is 253 g/mol. The minimum atomic E-state index is -0.0448. The van der Waals surface area contributed by atoms with Crippen molar-refractivity contribution in [2.24, 2.45) is 0 Å². The normalized spacial score (nSPS) is 10.6. The molecule has 7 heteroatoms. The van der Waals surface area contributed by atoms with Gasteiger partial charge in [0.15, 0.2) is 0 Å². The molecule has 0 radical (unpaired) electrons. The maximum Gasteiger partial charge on any atom is 0.234 e. The van der Waals surface area contributed by atoms with Crippen LogP contribution in [0.25, 0.3) is 0 Å². The Balaban J connectivity index is 2.32. The quantitative estimate of drug-likeness (QED) is 0.621. The Morgan fingerprint density at radius 2 is 2.39 bits per heavy atom. The summed E-state index contributed by atoms with van der Waals surface area (Å²) < 4.78 is 4.85. The summed E-state index contributed by atoms with van der Waals surface area (Å²) in [5.74, 6) is 0.196. The van der Waals surface area contributed by atoms with Gasteiger partial charge in [0.1, 0.15) is 0 Å². The number of anilines is 1. The van der Waals surface area contributed by atoms with Gasteiger partial charge in [-0.15, -0.1) is 0 Å². The van der Waals surface area contributed by atoms with Crippen LogP contribution < -0.4 is 11.1 Å². The molecule has 3 N–H and O–H groups in total. The Kier molecular flexibility index (Phi) is 6.03. The molecule has 0 fully saturated rings. The first-order valence-corrected chi connectivity index (χ1v) is 5.63. The van der Waals surface area contributed by atoms with E-state index in [1.807, 2.05) is 11.9 Å². The van der Waals surface area contributed by atoms with Gasteiger partial charge in [-0.05, 0) is 13.1 Å². The lowest BCUT2D eigenvalue weighted by Gasteiger charge is -2.15. The summed E-state index contributed by atoms with van der Waals surface area (Å²) in [6, 6.07) is 1.77. The molecule has 1 rings (SSSR count). The molecule has 0 spiro atoms. The van der Waals surface area contributed by atoms with E-state index in [9.17, 15) is 4.79 Å². The molecule has 1 aromatic rings. The largest absolute Gasteiger partial charge is 0.383 e. The van der Waals surface area contributed by atoms with Crippen molar-refractivity contribution in [2.75, 3.05) is 39.6 Å². The first-order valence-electron chi connectivity index (χ1n) is 5.63. The highest BCUT2D eigenvalue weighted by Crippen LogP contribution is 2.00. The summed E-state index contributed by atoms with van der Waals surface area (Å²) >= 11 is 0. The minimum absolute atomic E-state index is 0.0448. The van der Waals surface area contributed by atoms with Crippen LogP contribution in [0.2, 0.25) is 0 Å².